The molecule has 4 rings (SSSR count). The van der Waals surface area contributed by atoms with E-state index in [9.17, 15) is 10.1 Å². The molecule has 0 spiro atoms. The number of nitriles is 1. The van der Waals surface area contributed by atoms with Crippen LogP contribution in [0.3, 0.4) is 0 Å². The van der Waals surface area contributed by atoms with Crippen molar-refractivity contribution in [2.75, 3.05) is 11.1 Å². The SMILES string of the molecule is C=CCn1c(COc2ccc(Cl)cc2Cl)nnc1SCC(=O)Nc1sc2c(c1C#N)CCCCC2. The zero-order chi connectivity index (χ0) is 24.8. The summed E-state index contributed by atoms with van der Waals surface area (Å²) in [5.41, 5.74) is 1.72. The van der Waals surface area contributed by atoms with Crippen molar-refractivity contribution in [2.45, 2.75) is 50.4 Å². The Morgan fingerprint density at radius 2 is 2.14 bits per heavy atom. The van der Waals surface area contributed by atoms with Crippen molar-refractivity contribution in [2.24, 2.45) is 0 Å². The number of thiophene rings is 1. The highest BCUT2D eigenvalue weighted by Gasteiger charge is 2.21. The van der Waals surface area contributed by atoms with Crippen LogP contribution in [0.2, 0.25) is 10.0 Å². The number of nitrogens with one attached hydrogen (secondary N) is 1. The summed E-state index contributed by atoms with van der Waals surface area (Å²) >= 11 is 14.9. The highest BCUT2D eigenvalue weighted by Crippen LogP contribution is 2.37. The van der Waals surface area contributed by atoms with Crippen LogP contribution in [0.25, 0.3) is 0 Å². The number of aromatic nitrogens is 3. The van der Waals surface area contributed by atoms with Crippen LogP contribution in [0.5, 0.6) is 5.75 Å². The summed E-state index contributed by atoms with van der Waals surface area (Å²) in [6.45, 7) is 4.40. The van der Waals surface area contributed by atoms with Gasteiger partial charge in [0.25, 0.3) is 0 Å². The van der Waals surface area contributed by atoms with Gasteiger partial charge in [0, 0.05) is 16.4 Å². The molecule has 0 fully saturated rings. The van der Waals surface area contributed by atoms with E-state index < -0.39 is 0 Å². The molecule has 2 aromatic heterocycles. The highest BCUT2D eigenvalue weighted by atomic mass is 35.5. The number of hydrogen-bond donors (Lipinski definition) is 1. The van der Waals surface area contributed by atoms with E-state index in [-0.39, 0.29) is 18.3 Å². The first-order valence-corrected chi connectivity index (χ1v) is 13.6. The number of nitrogens with zero attached hydrogens (tertiary/aromatic N) is 4. The van der Waals surface area contributed by atoms with Crippen LogP contribution < -0.4 is 10.1 Å². The lowest BCUT2D eigenvalue weighted by Crippen LogP contribution is -2.15. The molecule has 1 aliphatic carbocycles. The Balaban J connectivity index is 1.40. The van der Waals surface area contributed by atoms with Gasteiger partial charge in [0.15, 0.2) is 11.0 Å². The van der Waals surface area contributed by atoms with Crippen LogP contribution in [0.4, 0.5) is 5.00 Å². The van der Waals surface area contributed by atoms with Gasteiger partial charge in [-0.1, -0.05) is 47.5 Å². The highest BCUT2D eigenvalue weighted by molar-refractivity contribution is 7.99. The molecule has 1 aliphatic rings. The Kier molecular flexibility index (Phi) is 8.74. The van der Waals surface area contributed by atoms with E-state index >= 15 is 0 Å². The Morgan fingerprint density at radius 1 is 1.31 bits per heavy atom. The largest absolute Gasteiger partial charge is 0.484 e. The van der Waals surface area contributed by atoms with E-state index in [1.54, 1.807) is 24.3 Å². The van der Waals surface area contributed by atoms with E-state index in [1.165, 1.54) is 34.4 Å². The summed E-state index contributed by atoms with van der Waals surface area (Å²) in [4.78, 5) is 13.9. The minimum absolute atomic E-state index is 0.132. The minimum Gasteiger partial charge on any atom is -0.484 e. The van der Waals surface area contributed by atoms with Gasteiger partial charge >= 0.3 is 0 Å². The van der Waals surface area contributed by atoms with Crippen LogP contribution in [-0.4, -0.2) is 26.4 Å². The van der Waals surface area contributed by atoms with E-state index in [4.69, 9.17) is 27.9 Å². The van der Waals surface area contributed by atoms with E-state index in [0.29, 0.717) is 43.9 Å². The maximum Gasteiger partial charge on any atom is 0.235 e. The molecule has 0 saturated heterocycles. The Morgan fingerprint density at radius 3 is 2.91 bits per heavy atom. The molecular weight excluding hydrogens is 525 g/mol. The Labute approximate surface area is 222 Å². The minimum atomic E-state index is -0.193. The first-order valence-electron chi connectivity index (χ1n) is 11.1. The average molecular weight is 549 g/mol. The van der Waals surface area contributed by atoms with E-state index in [0.717, 1.165) is 31.2 Å². The standard InChI is InChI=1S/C24H23Cl2N5O2S2/c1-2-10-31-21(13-33-19-9-8-15(25)11-18(19)26)29-30-24(31)34-14-22(32)28-23-17(12-27)16-6-4-3-5-7-20(16)35-23/h2,8-9,11H,1,3-7,10,13-14H2,(H,28,32). The number of rotatable bonds is 9. The number of amides is 1. The molecule has 11 heteroatoms. The number of benzene rings is 1. The second-order valence-corrected chi connectivity index (χ2v) is 10.8. The summed E-state index contributed by atoms with van der Waals surface area (Å²) in [7, 11) is 0. The molecule has 182 valence electrons. The number of anilines is 1. The Bertz CT molecular complexity index is 1280. The molecule has 7 nitrogen and oxygen atoms in total. The summed E-state index contributed by atoms with van der Waals surface area (Å²) in [5.74, 6) is 1.00. The van der Waals surface area contributed by atoms with Gasteiger partial charge in [-0.15, -0.1) is 28.1 Å². The normalized spacial score (nSPS) is 12.9. The molecule has 0 radical (unpaired) electrons. The lowest BCUT2D eigenvalue weighted by molar-refractivity contribution is -0.113. The molecule has 0 saturated carbocycles. The maximum absolute atomic E-state index is 12.7. The van der Waals surface area contributed by atoms with Gasteiger partial charge in [-0.05, 0) is 49.4 Å². The predicted molar refractivity (Wildman–Crippen MR) is 141 cm³/mol. The van der Waals surface area contributed by atoms with E-state index in [2.05, 4.69) is 28.2 Å². The van der Waals surface area contributed by atoms with Crippen LogP contribution in [-0.2, 0) is 30.8 Å². The van der Waals surface area contributed by atoms with Crippen LogP contribution in [0.15, 0.2) is 36.0 Å². The van der Waals surface area contributed by atoms with Gasteiger partial charge in [0.1, 0.15) is 23.4 Å². The van der Waals surface area contributed by atoms with Crippen LogP contribution >= 0.6 is 46.3 Å². The monoisotopic (exact) mass is 547 g/mol. The third-order valence-electron chi connectivity index (χ3n) is 5.47. The number of fused-ring (bicyclic) bond motifs is 1. The average Bonchev–Trinajstić information content (AvgIpc) is 3.28. The zero-order valence-electron chi connectivity index (χ0n) is 18.9. The zero-order valence-corrected chi connectivity index (χ0v) is 22.0. The fraction of sp³-hybridized carbons (Fsp3) is 0.333. The quantitative estimate of drug-likeness (QED) is 0.192. The summed E-state index contributed by atoms with van der Waals surface area (Å²) in [6, 6.07) is 7.29. The molecule has 0 atom stereocenters. The van der Waals surface area contributed by atoms with Crippen molar-refractivity contribution in [3.8, 4) is 11.8 Å². The number of allylic oxidation sites excluding steroid dienone is 1. The lowest BCUT2D eigenvalue weighted by Gasteiger charge is -2.10. The number of ether oxygens (including phenoxy) is 1. The molecule has 0 bridgehead atoms. The van der Waals surface area contributed by atoms with Gasteiger partial charge in [0.05, 0.1) is 16.3 Å². The van der Waals surface area contributed by atoms with Crippen molar-refractivity contribution < 1.29 is 9.53 Å². The smallest absolute Gasteiger partial charge is 0.235 e. The summed E-state index contributed by atoms with van der Waals surface area (Å²) < 4.78 is 7.63. The van der Waals surface area contributed by atoms with Crippen LogP contribution in [0.1, 0.15) is 41.1 Å². The molecular formula is C24H23Cl2N5O2S2. The molecule has 1 amide bonds. The molecule has 1 N–H and O–H groups in total. The lowest BCUT2D eigenvalue weighted by atomic mass is 10.1. The molecule has 35 heavy (non-hydrogen) atoms. The maximum atomic E-state index is 12.7. The number of halogens is 2. The predicted octanol–water partition coefficient (Wildman–Crippen LogP) is 6.28. The van der Waals surface area contributed by atoms with Crippen molar-refractivity contribution in [3.63, 3.8) is 0 Å². The summed E-state index contributed by atoms with van der Waals surface area (Å²) in [5, 5.41) is 23.2. The molecule has 0 aliphatic heterocycles. The van der Waals surface area contributed by atoms with Crippen molar-refractivity contribution >= 4 is 57.2 Å². The van der Waals surface area contributed by atoms with Gasteiger partial charge in [-0.3, -0.25) is 9.36 Å². The Hall–Kier alpha value is -2.51. The fourth-order valence-electron chi connectivity index (χ4n) is 3.82. The number of aryl methyl sites for hydroxylation is 1. The van der Waals surface area contributed by atoms with Crippen molar-refractivity contribution in [1.29, 1.82) is 5.26 Å². The molecule has 1 aromatic carbocycles. The summed E-state index contributed by atoms with van der Waals surface area (Å²) in [6.07, 6.45) is 6.97. The van der Waals surface area contributed by atoms with Gasteiger partial charge in [-0.2, -0.15) is 5.26 Å². The fourth-order valence-corrected chi connectivity index (χ4v) is 6.31. The molecule has 2 heterocycles. The number of carbonyl (C=O) groups excluding carboxylic acids is 1. The van der Waals surface area contributed by atoms with Gasteiger partial charge in [0.2, 0.25) is 5.91 Å². The first-order chi connectivity index (χ1) is 17.0. The number of thioether (sulfide) groups is 1. The second-order valence-electron chi connectivity index (χ2n) is 7.88. The van der Waals surface area contributed by atoms with Gasteiger partial charge in [-0.25, -0.2) is 0 Å². The topological polar surface area (TPSA) is 92.8 Å². The van der Waals surface area contributed by atoms with Crippen molar-refractivity contribution in [1.82, 2.24) is 14.8 Å². The van der Waals surface area contributed by atoms with Gasteiger partial charge < -0.3 is 10.1 Å². The first kappa shape index (κ1) is 25.6. The van der Waals surface area contributed by atoms with E-state index in [1.807, 2.05) is 4.57 Å². The molecule has 3 aromatic rings. The number of carbonyl (C=O) groups is 1. The third kappa shape index (κ3) is 6.19. The van der Waals surface area contributed by atoms with Crippen molar-refractivity contribution in [3.05, 3.63) is 62.7 Å². The third-order valence-corrected chi connectivity index (χ3v) is 8.18. The number of hydrogen-bond acceptors (Lipinski definition) is 7. The molecule has 0 unspecified atom stereocenters. The van der Waals surface area contributed by atoms with Crippen LogP contribution in [0, 0.1) is 11.3 Å². The second kappa shape index (κ2) is 12.0.